The molecule has 0 heterocycles. The van der Waals surface area contributed by atoms with Gasteiger partial charge >= 0.3 is 18.2 Å². The molecule has 0 saturated carbocycles. The fraction of sp³-hybridized carbons (Fsp3) is 0.333. The Labute approximate surface area is 178 Å². The van der Waals surface area contributed by atoms with E-state index in [2.05, 4.69) is 6.92 Å². The van der Waals surface area contributed by atoms with Crippen molar-refractivity contribution in [1.82, 2.24) is 0 Å². The van der Waals surface area contributed by atoms with Crippen molar-refractivity contribution in [3.63, 3.8) is 0 Å². The summed E-state index contributed by atoms with van der Waals surface area (Å²) in [6, 6.07) is 14.0. The van der Waals surface area contributed by atoms with Crippen molar-refractivity contribution in [1.29, 1.82) is 0 Å². The van der Waals surface area contributed by atoms with Crippen molar-refractivity contribution >= 4 is 11.9 Å². The van der Waals surface area contributed by atoms with Crippen LogP contribution in [0.5, 0.6) is 0 Å². The largest absolute Gasteiger partial charge is 0.373 e. The smallest absolute Gasteiger partial charge is 0.289 e. The van der Waals surface area contributed by atoms with Crippen molar-refractivity contribution in [2.75, 3.05) is 0 Å². The first-order valence-corrected chi connectivity index (χ1v) is 10.1. The zero-order valence-corrected chi connectivity index (χ0v) is 17.7. The molecule has 0 spiro atoms. The average molecular weight is 412 g/mol. The van der Waals surface area contributed by atoms with E-state index in [4.69, 9.17) is 19.6 Å². The van der Waals surface area contributed by atoms with Gasteiger partial charge in [0, 0.05) is 6.42 Å². The lowest BCUT2D eigenvalue weighted by Gasteiger charge is -2.16. The lowest BCUT2D eigenvalue weighted by molar-refractivity contribution is -0.365. The van der Waals surface area contributed by atoms with E-state index < -0.39 is 11.9 Å². The van der Waals surface area contributed by atoms with Crippen molar-refractivity contribution in [3.05, 3.63) is 84.0 Å². The van der Waals surface area contributed by atoms with E-state index in [1.165, 1.54) is 0 Å². The fourth-order valence-corrected chi connectivity index (χ4v) is 2.49. The van der Waals surface area contributed by atoms with E-state index in [-0.39, 0.29) is 18.6 Å². The number of aryl methyl sites for hydroxylation is 2. The van der Waals surface area contributed by atoms with Gasteiger partial charge in [-0.15, -0.1) is 9.78 Å². The molecule has 0 aliphatic rings. The maximum atomic E-state index is 12.2. The number of carbonyl (C=O) groups excluding carboxylic acids is 2. The summed E-state index contributed by atoms with van der Waals surface area (Å²) in [4.78, 5) is 44.2. The minimum Gasteiger partial charge on any atom is -0.289 e. The van der Waals surface area contributed by atoms with Crippen molar-refractivity contribution < 1.29 is 29.1 Å². The van der Waals surface area contributed by atoms with Gasteiger partial charge < -0.3 is 0 Å². The van der Waals surface area contributed by atoms with Crippen molar-refractivity contribution in [3.8, 4) is 0 Å². The summed E-state index contributed by atoms with van der Waals surface area (Å²) in [7, 11) is 0. The number of rotatable bonds is 11. The highest BCUT2D eigenvalue weighted by Gasteiger charge is 2.23. The standard InChI is InChI=1S/C24H28O6/c1-5-17(4)16-22(27-29-23(25)20-12-8-18(6-2)9-13-20)28-30-24(26)21-14-10-19(7-3)11-15-21/h8-15,17H,1,5-7,16H2,2-4H3. The molecular weight excluding hydrogens is 384 g/mol. The third kappa shape index (κ3) is 7.28. The second kappa shape index (κ2) is 12.1. The number of hydrogen-bond donors (Lipinski definition) is 0. The van der Waals surface area contributed by atoms with Crippen molar-refractivity contribution in [2.45, 2.75) is 46.5 Å². The number of hydrogen-bond acceptors (Lipinski definition) is 6. The quantitative estimate of drug-likeness (QED) is 0.362. The van der Waals surface area contributed by atoms with Crippen LogP contribution >= 0.6 is 0 Å². The Balaban J connectivity index is 1.93. The Morgan fingerprint density at radius 3 is 1.50 bits per heavy atom. The lowest BCUT2D eigenvalue weighted by Crippen LogP contribution is -2.18. The van der Waals surface area contributed by atoms with Crippen LogP contribution in [0, 0.1) is 19.1 Å². The third-order valence-corrected chi connectivity index (χ3v) is 4.62. The zero-order valence-electron chi connectivity index (χ0n) is 17.7. The van der Waals surface area contributed by atoms with Crippen LogP contribution in [0.3, 0.4) is 0 Å². The Bertz CT molecular complexity index is 734. The fourth-order valence-electron chi connectivity index (χ4n) is 2.49. The predicted molar refractivity (Wildman–Crippen MR) is 112 cm³/mol. The highest BCUT2D eigenvalue weighted by atomic mass is 17.3. The van der Waals surface area contributed by atoms with E-state index in [0.29, 0.717) is 17.5 Å². The Kier molecular flexibility index (Phi) is 9.51. The SMILES string of the molecule is [CH2]CC(C)C[C](OOC(=O)c1ccc(CC)cc1)OOC(=O)c1ccc(CC)cc1. The summed E-state index contributed by atoms with van der Waals surface area (Å²) < 4.78 is 0. The minimum absolute atomic E-state index is 0.0603. The molecule has 0 aromatic heterocycles. The molecule has 0 saturated heterocycles. The van der Waals surface area contributed by atoms with Crippen LogP contribution in [-0.4, -0.2) is 11.9 Å². The summed E-state index contributed by atoms with van der Waals surface area (Å²) in [6.07, 6.45) is 2.44. The molecule has 1 unspecified atom stereocenters. The van der Waals surface area contributed by atoms with Gasteiger partial charge in [-0.2, -0.15) is 0 Å². The van der Waals surface area contributed by atoms with Gasteiger partial charge in [0.25, 0.3) is 0 Å². The normalized spacial score (nSPS) is 11.9. The van der Waals surface area contributed by atoms with Gasteiger partial charge in [-0.1, -0.05) is 58.4 Å². The van der Waals surface area contributed by atoms with Crippen LogP contribution in [0.2, 0.25) is 0 Å². The van der Waals surface area contributed by atoms with Crippen LogP contribution in [0.15, 0.2) is 48.5 Å². The van der Waals surface area contributed by atoms with Crippen LogP contribution in [0.4, 0.5) is 0 Å². The molecule has 30 heavy (non-hydrogen) atoms. The molecule has 2 aromatic rings. The first-order chi connectivity index (χ1) is 14.5. The van der Waals surface area contributed by atoms with E-state index in [0.717, 1.165) is 24.0 Å². The first-order valence-electron chi connectivity index (χ1n) is 10.1. The summed E-state index contributed by atoms with van der Waals surface area (Å²) in [6.45, 7) is 9.78. The maximum Gasteiger partial charge on any atom is 0.373 e. The molecule has 0 fully saturated rings. The van der Waals surface area contributed by atoms with Gasteiger partial charge in [-0.25, -0.2) is 9.59 Å². The van der Waals surface area contributed by atoms with E-state index in [9.17, 15) is 9.59 Å². The van der Waals surface area contributed by atoms with E-state index in [1.807, 2.05) is 45.0 Å². The molecule has 6 nitrogen and oxygen atoms in total. The topological polar surface area (TPSA) is 71.1 Å². The summed E-state index contributed by atoms with van der Waals surface area (Å²) in [5.74, 6) is -1.30. The van der Waals surface area contributed by atoms with Gasteiger partial charge in [0.1, 0.15) is 0 Å². The summed E-state index contributed by atoms with van der Waals surface area (Å²) >= 11 is 0. The number of benzene rings is 2. The van der Waals surface area contributed by atoms with Gasteiger partial charge in [-0.3, -0.25) is 9.78 Å². The molecule has 0 N–H and O–H groups in total. The van der Waals surface area contributed by atoms with Crippen LogP contribution in [0.1, 0.15) is 65.5 Å². The summed E-state index contributed by atoms with van der Waals surface area (Å²) in [5.41, 5.74) is 2.88. The zero-order chi connectivity index (χ0) is 21.9. The second-order valence-corrected chi connectivity index (χ2v) is 6.98. The molecule has 0 aliphatic heterocycles. The van der Waals surface area contributed by atoms with Crippen LogP contribution in [0.25, 0.3) is 0 Å². The summed E-state index contributed by atoms with van der Waals surface area (Å²) in [5, 5.41) is 0. The molecule has 1 atom stereocenters. The molecular formula is C24H28O6. The molecule has 160 valence electrons. The minimum atomic E-state index is -0.678. The monoisotopic (exact) mass is 412 g/mol. The number of carbonyl (C=O) groups is 2. The Morgan fingerprint density at radius 2 is 1.17 bits per heavy atom. The third-order valence-electron chi connectivity index (χ3n) is 4.62. The van der Waals surface area contributed by atoms with Crippen LogP contribution < -0.4 is 0 Å². The highest BCUT2D eigenvalue weighted by Crippen LogP contribution is 2.21. The van der Waals surface area contributed by atoms with Gasteiger partial charge in [-0.05, 0) is 54.2 Å². The van der Waals surface area contributed by atoms with Crippen LogP contribution in [-0.2, 0) is 32.4 Å². The second-order valence-electron chi connectivity index (χ2n) is 6.98. The molecule has 2 aromatic carbocycles. The lowest BCUT2D eigenvalue weighted by atomic mass is 10.1. The van der Waals surface area contributed by atoms with Gasteiger partial charge in [0.05, 0.1) is 11.1 Å². The Morgan fingerprint density at radius 1 is 0.767 bits per heavy atom. The maximum absolute atomic E-state index is 12.2. The molecule has 2 rings (SSSR count). The first kappa shape index (κ1) is 23.6. The van der Waals surface area contributed by atoms with Gasteiger partial charge in [0.2, 0.25) is 0 Å². The predicted octanol–water partition coefficient (Wildman–Crippen LogP) is 5.43. The molecule has 2 radical (unpaired) electrons. The molecule has 0 amide bonds. The van der Waals surface area contributed by atoms with E-state index >= 15 is 0 Å². The molecule has 0 bridgehead atoms. The Hall–Kier alpha value is -2.70. The average Bonchev–Trinajstić information content (AvgIpc) is 2.80. The van der Waals surface area contributed by atoms with E-state index in [1.54, 1.807) is 24.3 Å². The van der Waals surface area contributed by atoms with Crippen molar-refractivity contribution in [2.24, 2.45) is 5.92 Å². The highest BCUT2D eigenvalue weighted by molar-refractivity contribution is 5.89. The molecule has 6 heteroatoms. The van der Waals surface area contributed by atoms with Gasteiger partial charge in [0.15, 0.2) is 0 Å². The molecule has 0 aliphatic carbocycles.